The van der Waals surface area contributed by atoms with Crippen LogP contribution in [0.2, 0.25) is 5.02 Å². The van der Waals surface area contributed by atoms with Gasteiger partial charge in [-0.25, -0.2) is 4.39 Å². The first kappa shape index (κ1) is 13.5. The summed E-state index contributed by atoms with van der Waals surface area (Å²) < 4.78 is 13.3. The fourth-order valence-corrected chi connectivity index (χ4v) is 2.59. The van der Waals surface area contributed by atoms with E-state index in [1.165, 1.54) is 11.6 Å². The highest BCUT2D eigenvalue weighted by Crippen LogP contribution is 2.20. The molecule has 0 fully saturated rings. The van der Waals surface area contributed by atoms with Gasteiger partial charge in [0.25, 0.3) is 0 Å². The minimum atomic E-state index is -0.361. The average Bonchev–Trinajstić information content (AvgIpc) is 2.85. The lowest BCUT2D eigenvalue weighted by atomic mass is 10.1. The molecule has 96 valence electrons. The van der Waals surface area contributed by atoms with E-state index in [9.17, 15) is 4.39 Å². The minimum absolute atomic E-state index is 0.121. The smallest absolute Gasteiger partial charge is 0.142 e. The van der Waals surface area contributed by atoms with Crippen molar-refractivity contribution in [3.05, 3.63) is 57.0 Å². The van der Waals surface area contributed by atoms with Crippen LogP contribution in [0.25, 0.3) is 0 Å². The molecule has 0 amide bonds. The van der Waals surface area contributed by atoms with Gasteiger partial charge in [0.15, 0.2) is 0 Å². The molecular formula is C14H15ClFNS. The van der Waals surface area contributed by atoms with Gasteiger partial charge in [-0.2, -0.15) is 11.3 Å². The molecule has 0 aliphatic rings. The lowest BCUT2D eigenvalue weighted by Crippen LogP contribution is -2.21. The van der Waals surface area contributed by atoms with Crippen LogP contribution in [0.4, 0.5) is 4.39 Å². The van der Waals surface area contributed by atoms with Crippen LogP contribution < -0.4 is 5.32 Å². The van der Waals surface area contributed by atoms with E-state index in [2.05, 4.69) is 22.1 Å². The van der Waals surface area contributed by atoms with Crippen LogP contribution in [0.15, 0.2) is 35.0 Å². The van der Waals surface area contributed by atoms with Crippen molar-refractivity contribution in [1.29, 1.82) is 0 Å². The number of halogens is 2. The number of hydrogen-bond donors (Lipinski definition) is 1. The second-order valence-corrected chi connectivity index (χ2v) is 5.42. The van der Waals surface area contributed by atoms with E-state index in [1.807, 2.05) is 13.0 Å². The molecule has 0 bridgehead atoms. The summed E-state index contributed by atoms with van der Waals surface area (Å²) in [5, 5.41) is 7.77. The van der Waals surface area contributed by atoms with Gasteiger partial charge in [-0.1, -0.05) is 17.7 Å². The predicted octanol–water partition coefficient (Wildman–Crippen LogP) is 4.43. The summed E-state index contributed by atoms with van der Waals surface area (Å²) in [6.45, 7) is 2.90. The van der Waals surface area contributed by atoms with E-state index in [1.54, 1.807) is 17.4 Å². The molecule has 1 aromatic carbocycles. The Morgan fingerprint density at radius 3 is 2.89 bits per heavy atom. The molecular weight excluding hydrogens is 269 g/mol. The Morgan fingerprint density at radius 1 is 1.39 bits per heavy atom. The Hall–Kier alpha value is -0.900. The van der Waals surface area contributed by atoms with Crippen molar-refractivity contribution in [3.8, 4) is 0 Å². The Labute approximate surface area is 116 Å². The summed E-state index contributed by atoms with van der Waals surface area (Å²) in [5.74, 6) is -0.361. The second kappa shape index (κ2) is 6.32. The van der Waals surface area contributed by atoms with Gasteiger partial charge in [0.1, 0.15) is 5.82 Å². The Bertz CT molecular complexity index is 499. The van der Waals surface area contributed by atoms with E-state index in [-0.39, 0.29) is 16.9 Å². The third-order valence-corrected chi connectivity index (χ3v) is 3.93. The van der Waals surface area contributed by atoms with Crippen molar-refractivity contribution in [3.63, 3.8) is 0 Å². The van der Waals surface area contributed by atoms with Gasteiger partial charge in [0, 0.05) is 6.04 Å². The predicted molar refractivity (Wildman–Crippen MR) is 75.9 cm³/mol. The summed E-state index contributed by atoms with van der Waals surface area (Å²) in [6, 6.07) is 7.19. The van der Waals surface area contributed by atoms with Crippen LogP contribution in [0.1, 0.15) is 24.1 Å². The first-order valence-electron chi connectivity index (χ1n) is 5.86. The lowest BCUT2D eigenvalue weighted by molar-refractivity contribution is 0.567. The van der Waals surface area contributed by atoms with Crippen molar-refractivity contribution in [1.82, 2.24) is 5.32 Å². The molecule has 0 aliphatic carbocycles. The van der Waals surface area contributed by atoms with Crippen molar-refractivity contribution in [2.45, 2.75) is 19.4 Å². The Balaban J connectivity index is 1.87. The highest BCUT2D eigenvalue weighted by Gasteiger charge is 2.07. The van der Waals surface area contributed by atoms with E-state index >= 15 is 0 Å². The summed E-state index contributed by atoms with van der Waals surface area (Å²) in [4.78, 5) is 0. The summed E-state index contributed by atoms with van der Waals surface area (Å²) in [6.07, 6.45) is 0.990. The molecule has 0 radical (unpaired) electrons. The molecule has 2 aromatic rings. The average molecular weight is 284 g/mol. The zero-order valence-electron chi connectivity index (χ0n) is 10.1. The van der Waals surface area contributed by atoms with E-state index < -0.39 is 0 Å². The van der Waals surface area contributed by atoms with Crippen LogP contribution >= 0.6 is 22.9 Å². The monoisotopic (exact) mass is 283 g/mol. The van der Waals surface area contributed by atoms with Gasteiger partial charge in [-0.05, 0) is 60.0 Å². The van der Waals surface area contributed by atoms with Crippen molar-refractivity contribution < 1.29 is 4.39 Å². The number of nitrogens with one attached hydrogen (secondary N) is 1. The van der Waals surface area contributed by atoms with E-state index in [4.69, 9.17) is 11.6 Å². The van der Waals surface area contributed by atoms with Gasteiger partial charge in [0.05, 0.1) is 5.02 Å². The zero-order chi connectivity index (χ0) is 13.0. The molecule has 1 N–H and O–H groups in total. The molecule has 4 heteroatoms. The number of thiophene rings is 1. The lowest BCUT2D eigenvalue weighted by Gasteiger charge is -2.14. The van der Waals surface area contributed by atoms with E-state index in [0.29, 0.717) is 0 Å². The van der Waals surface area contributed by atoms with Gasteiger partial charge >= 0.3 is 0 Å². The molecule has 18 heavy (non-hydrogen) atoms. The van der Waals surface area contributed by atoms with Crippen molar-refractivity contribution in [2.24, 2.45) is 0 Å². The Kier molecular flexibility index (Phi) is 4.75. The number of hydrogen-bond acceptors (Lipinski definition) is 2. The number of rotatable bonds is 5. The maximum atomic E-state index is 13.3. The molecule has 0 spiro atoms. The van der Waals surface area contributed by atoms with Gasteiger partial charge in [-0.15, -0.1) is 0 Å². The topological polar surface area (TPSA) is 12.0 Å². The zero-order valence-corrected chi connectivity index (χ0v) is 11.7. The van der Waals surface area contributed by atoms with Gasteiger partial charge < -0.3 is 5.32 Å². The minimum Gasteiger partial charge on any atom is -0.310 e. The molecule has 1 unspecified atom stereocenters. The van der Waals surface area contributed by atoms with Crippen LogP contribution in [0, 0.1) is 5.82 Å². The first-order chi connectivity index (χ1) is 8.66. The quantitative estimate of drug-likeness (QED) is 0.856. The van der Waals surface area contributed by atoms with Crippen LogP contribution in [-0.2, 0) is 6.42 Å². The largest absolute Gasteiger partial charge is 0.310 e. The van der Waals surface area contributed by atoms with Crippen LogP contribution in [0.5, 0.6) is 0 Å². The molecule has 1 nitrogen and oxygen atoms in total. The molecule has 1 aromatic heterocycles. The fourth-order valence-electron chi connectivity index (χ4n) is 1.77. The summed E-state index contributed by atoms with van der Waals surface area (Å²) >= 11 is 7.37. The molecule has 1 atom stereocenters. The van der Waals surface area contributed by atoms with Crippen LogP contribution in [0.3, 0.4) is 0 Å². The summed E-state index contributed by atoms with van der Waals surface area (Å²) in [7, 11) is 0. The Morgan fingerprint density at radius 2 is 2.22 bits per heavy atom. The molecule has 0 saturated heterocycles. The number of benzene rings is 1. The second-order valence-electron chi connectivity index (χ2n) is 4.23. The van der Waals surface area contributed by atoms with Gasteiger partial charge in [0.2, 0.25) is 0 Å². The third kappa shape index (κ3) is 3.55. The SMILES string of the molecule is CC(NCCc1ccsc1)c1ccc(Cl)c(F)c1. The van der Waals surface area contributed by atoms with Crippen molar-refractivity contribution in [2.75, 3.05) is 6.54 Å². The fraction of sp³-hybridized carbons (Fsp3) is 0.286. The standard InChI is InChI=1S/C14H15ClFNS/c1-10(12-2-3-13(15)14(16)8-12)17-6-4-11-5-7-18-9-11/h2-3,5,7-10,17H,4,6H2,1H3. The third-order valence-electron chi connectivity index (χ3n) is 2.89. The first-order valence-corrected chi connectivity index (χ1v) is 7.18. The highest BCUT2D eigenvalue weighted by atomic mass is 35.5. The highest BCUT2D eigenvalue weighted by molar-refractivity contribution is 7.07. The van der Waals surface area contributed by atoms with Gasteiger partial charge in [-0.3, -0.25) is 0 Å². The molecule has 0 saturated carbocycles. The normalized spacial score (nSPS) is 12.6. The molecule has 1 heterocycles. The van der Waals surface area contributed by atoms with Crippen LogP contribution in [-0.4, -0.2) is 6.54 Å². The maximum absolute atomic E-state index is 13.3. The van der Waals surface area contributed by atoms with Crippen molar-refractivity contribution >= 4 is 22.9 Å². The molecule has 2 rings (SSSR count). The summed E-state index contributed by atoms with van der Waals surface area (Å²) in [5.41, 5.74) is 2.25. The van der Waals surface area contributed by atoms with E-state index in [0.717, 1.165) is 18.5 Å². The molecule has 0 aliphatic heterocycles. The maximum Gasteiger partial charge on any atom is 0.142 e.